The third-order valence-corrected chi connectivity index (χ3v) is 5.08. The Bertz CT molecular complexity index is 389. The Morgan fingerprint density at radius 3 is 1.68 bits per heavy atom. The summed E-state index contributed by atoms with van der Waals surface area (Å²) < 4.78 is 0. The normalized spacial score (nSPS) is 11.3. The maximum Gasteiger partial charge on any atom is 0.108 e. The van der Waals surface area contributed by atoms with Crippen LogP contribution in [0.4, 0.5) is 0 Å². The van der Waals surface area contributed by atoms with E-state index in [9.17, 15) is 0 Å². The van der Waals surface area contributed by atoms with Crippen molar-refractivity contribution in [1.29, 1.82) is 0 Å². The number of nitrogens with zero attached hydrogens (tertiary/aromatic N) is 1. The minimum atomic E-state index is 0.173. The van der Waals surface area contributed by atoms with Crippen molar-refractivity contribution >= 4 is 0 Å². The molecule has 25 heavy (non-hydrogen) atoms. The highest BCUT2D eigenvalue weighted by atomic mass is 16.3. The van der Waals surface area contributed by atoms with Crippen molar-refractivity contribution in [3.05, 3.63) is 17.7 Å². The highest BCUT2D eigenvalue weighted by Crippen LogP contribution is 2.14. The topological polar surface area (TPSA) is 48.9 Å². The molecule has 1 aromatic heterocycles. The number of rotatable bonds is 18. The van der Waals surface area contributed by atoms with E-state index in [2.05, 4.69) is 16.9 Å². The summed E-state index contributed by atoms with van der Waals surface area (Å²) in [4.78, 5) is 7.57. The maximum absolute atomic E-state index is 8.89. The van der Waals surface area contributed by atoms with Crippen LogP contribution in [0.3, 0.4) is 0 Å². The van der Waals surface area contributed by atoms with Gasteiger partial charge in [-0.2, -0.15) is 0 Å². The summed E-state index contributed by atoms with van der Waals surface area (Å²) >= 11 is 0. The van der Waals surface area contributed by atoms with Gasteiger partial charge in [0.1, 0.15) is 5.82 Å². The second-order valence-corrected chi connectivity index (χ2v) is 7.53. The fourth-order valence-electron chi connectivity index (χ4n) is 3.45. The summed E-state index contributed by atoms with van der Waals surface area (Å²) in [6, 6.07) is 0. The van der Waals surface area contributed by atoms with Crippen molar-refractivity contribution in [2.24, 2.45) is 0 Å². The molecule has 3 nitrogen and oxygen atoms in total. The zero-order chi connectivity index (χ0) is 18.0. The minimum absolute atomic E-state index is 0.173. The van der Waals surface area contributed by atoms with Gasteiger partial charge < -0.3 is 10.1 Å². The number of aliphatic hydroxyl groups excluding tert-OH is 1. The molecule has 0 atom stereocenters. The highest BCUT2D eigenvalue weighted by Gasteiger charge is 2.00. The van der Waals surface area contributed by atoms with Gasteiger partial charge in [0.2, 0.25) is 0 Å². The molecule has 0 bridgehead atoms. The van der Waals surface area contributed by atoms with Crippen LogP contribution in [0, 0.1) is 0 Å². The first-order valence-corrected chi connectivity index (χ1v) is 11.0. The standard InChI is InChI=1S/C22H42N2O/c1-2-3-4-5-6-7-8-9-10-11-12-13-14-15-16-17-21-20-23-22(24-21)18-19-25/h20,25H,2-19H2,1H3,(H,23,24). The zero-order valence-corrected chi connectivity index (χ0v) is 16.7. The summed E-state index contributed by atoms with van der Waals surface area (Å²) in [7, 11) is 0. The molecular weight excluding hydrogens is 308 g/mol. The Kier molecular flexibility index (Phi) is 14.8. The Morgan fingerprint density at radius 2 is 1.20 bits per heavy atom. The second-order valence-electron chi connectivity index (χ2n) is 7.53. The number of H-pyrrole nitrogens is 1. The first-order valence-electron chi connectivity index (χ1n) is 11.0. The number of aromatic nitrogens is 2. The number of nitrogens with one attached hydrogen (secondary N) is 1. The van der Waals surface area contributed by atoms with E-state index in [1.54, 1.807) is 0 Å². The first kappa shape index (κ1) is 22.2. The smallest absolute Gasteiger partial charge is 0.108 e. The van der Waals surface area contributed by atoms with Crippen molar-refractivity contribution < 1.29 is 5.11 Å². The molecule has 0 aliphatic heterocycles. The summed E-state index contributed by atoms with van der Waals surface area (Å²) in [5.74, 6) is 0.915. The molecule has 1 heterocycles. The van der Waals surface area contributed by atoms with Gasteiger partial charge in [0.15, 0.2) is 0 Å². The highest BCUT2D eigenvalue weighted by molar-refractivity contribution is 5.01. The predicted octanol–water partition coefficient (Wildman–Crippen LogP) is 6.36. The van der Waals surface area contributed by atoms with E-state index in [1.807, 2.05) is 6.20 Å². The summed E-state index contributed by atoms with van der Waals surface area (Å²) in [6.45, 7) is 2.46. The van der Waals surface area contributed by atoms with E-state index in [4.69, 9.17) is 5.11 Å². The van der Waals surface area contributed by atoms with Crippen molar-refractivity contribution in [1.82, 2.24) is 9.97 Å². The quantitative estimate of drug-likeness (QED) is 0.303. The molecule has 0 amide bonds. The molecular formula is C22H42N2O. The Hall–Kier alpha value is -0.830. The van der Waals surface area contributed by atoms with Crippen molar-refractivity contribution in [3.63, 3.8) is 0 Å². The van der Waals surface area contributed by atoms with Gasteiger partial charge in [-0.1, -0.05) is 96.8 Å². The van der Waals surface area contributed by atoms with Crippen LogP contribution in [0.25, 0.3) is 0 Å². The number of hydrogen-bond donors (Lipinski definition) is 2. The van der Waals surface area contributed by atoms with Crippen LogP contribution in [0.2, 0.25) is 0 Å². The van der Waals surface area contributed by atoms with Crippen LogP contribution in [0.5, 0.6) is 0 Å². The average Bonchev–Trinajstić information content (AvgIpc) is 3.06. The van der Waals surface area contributed by atoms with Gasteiger partial charge >= 0.3 is 0 Å². The monoisotopic (exact) mass is 350 g/mol. The molecule has 0 spiro atoms. The lowest BCUT2D eigenvalue weighted by atomic mass is 10.0. The average molecular weight is 351 g/mol. The van der Waals surface area contributed by atoms with E-state index < -0.39 is 0 Å². The number of imidazole rings is 1. The van der Waals surface area contributed by atoms with Crippen LogP contribution < -0.4 is 0 Å². The molecule has 0 aromatic carbocycles. The molecule has 146 valence electrons. The largest absolute Gasteiger partial charge is 0.396 e. The van der Waals surface area contributed by atoms with Crippen molar-refractivity contribution in [2.45, 2.75) is 116 Å². The van der Waals surface area contributed by atoms with Gasteiger partial charge in [0, 0.05) is 18.3 Å². The van der Waals surface area contributed by atoms with Gasteiger partial charge in [-0.15, -0.1) is 0 Å². The molecule has 1 rings (SSSR count). The van der Waals surface area contributed by atoms with Crippen molar-refractivity contribution in [3.8, 4) is 0 Å². The fraction of sp³-hybridized carbons (Fsp3) is 0.864. The van der Waals surface area contributed by atoms with Crippen LogP contribution in [-0.2, 0) is 12.8 Å². The first-order chi connectivity index (χ1) is 12.4. The van der Waals surface area contributed by atoms with E-state index in [0.29, 0.717) is 6.42 Å². The maximum atomic E-state index is 8.89. The van der Waals surface area contributed by atoms with E-state index in [-0.39, 0.29) is 6.61 Å². The minimum Gasteiger partial charge on any atom is -0.396 e. The molecule has 0 fully saturated rings. The number of hydrogen-bond acceptors (Lipinski definition) is 2. The molecule has 0 radical (unpaired) electrons. The fourth-order valence-corrected chi connectivity index (χ4v) is 3.45. The molecule has 0 unspecified atom stereocenters. The number of aliphatic hydroxyl groups is 1. The van der Waals surface area contributed by atoms with Gasteiger partial charge in [-0.3, -0.25) is 0 Å². The Balaban J connectivity index is 1.77. The molecule has 0 aliphatic rings. The van der Waals surface area contributed by atoms with E-state index in [1.165, 1.54) is 102 Å². The zero-order valence-electron chi connectivity index (χ0n) is 16.7. The predicted molar refractivity (Wildman–Crippen MR) is 108 cm³/mol. The van der Waals surface area contributed by atoms with Crippen molar-refractivity contribution in [2.75, 3.05) is 6.61 Å². The lowest BCUT2D eigenvalue weighted by Gasteiger charge is -2.03. The molecule has 1 aromatic rings. The lowest BCUT2D eigenvalue weighted by Crippen LogP contribution is -1.93. The Labute approximate surface area is 156 Å². The molecule has 0 saturated heterocycles. The number of aromatic amines is 1. The van der Waals surface area contributed by atoms with Gasteiger partial charge in [0.05, 0.1) is 6.61 Å². The Morgan fingerprint density at radius 1 is 0.720 bits per heavy atom. The third-order valence-electron chi connectivity index (χ3n) is 5.08. The number of unbranched alkanes of at least 4 members (excludes halogenated alkanes) is 14. The summed E-state index contributed by atoms with van der Waals surface area (Å²) in [5, 5.41) is 8.89. The van der Waals surface area contributed by atoms with E-state index in [0.717, 1.165) is 12.2 Å². The van der Waals surface area contributed by atoms with Crippen LogP contribution in [-0.4, -0.2) is 21.7 Å². The van der Waals surface area contributed by atoms with Crippen LogP contribution >= 0.6 is 0 Å². The van der Waals surface area contributed by atoms with Crippen LogP contribution in [0.1, 0.15) is 115 Å². The van der Waals surface area contributed by atoms with E-state index >= 15 is 0 Å². The van der Waals surface area contributed by atoms with Gasteiger partial charge in [0.25, 0.3) is 0 Å². The SMILES string of the molecule is CCCCCCCCCCCCCCCCCc1cnc(CCO)[nH]1. The molecule has 2 N–H and O–H groups in total. The second kappa shape index (κ2) is 16.6. The van der Waals surface area contributed by atoms with Gasteiger partial charge in [-0.25, -0.2) is 4.98 Å². The summed E-state index contributed by atoms with van der Waals surface area (Å²) in [5.41, 5.74) is 1.22. The molecule has 0 saturated carbocycles. The van der Waals surface area contributed by atoms with Crippen LogP contribution in [0.15, 0.2) is 6.20 Å². The molecule has 0 aliphatic carbocycles. The van der Waals surface area contributed by atoms with Gasteiger partial charge in [-0.05, 0) is 12.8 Å². The number of aryl methyl sites for hydroxylation is 1. The molecule has 3 heteroatoms. The third kappa shape index (κ3) is 13.1. The summed E-state index contributed by atoms with van der Waals surface area (Å²) in [6.07, 6.45) is 24.8. The lowest BCUT2D eigenvalue weighted by molar-refractivity contribution is 0.297.